The lowest BCUT2D eigenvalue weighted by molar-refractivity contribution is -0.142. The van der Waals surface area contributed by atoms with E-state index in [1.807, 2.05) is 24.3 Å². The van der Waals surface area contributed by atoms with Gasteiger partial charge in [0.15, 0.2) is 5.69 Å². The van der Waals surface area contributed by atoms with E-state index in [1.54, 1.807) is 31.2 Å². The molecule has 4 nitrogen and oxygen atoms in total. The number of aromatic nitrogens is 2. The lowest BCUT2D eigenvalue weighted by Gasteiger charge is -2.17. The van der Waals surface area contributed by atoms with Crippen LogP contribution in [0.3, 0.4) is 0 Å². The maximum Gasteiger partial charge on any atom is 0.436 e. The Morgan fingerprint density at radius 2 is 1.88 bits per heavy atom. The van der Waals surface area contributed by atoms with Crippen molar-refractivity contribution in [2.45, 2.75) is 47.7 Å². The van der Waals surface area contributed by atoms with Gasteiger partial charge in [0, 0.05) is 20.7 Å². The van der Waals surface area contributed by atoms with Gasteiger partial charge < -0.3 is 5.32 Å². The molecule has 10 heteroatoms. The number of hydrogen-bond acceptors (Lipinski definition) is 3. The number of halogens is 5. The summed E-state index contributed by atoms with van der Waals surface area (Å²) in [5, 5.41) is 7.25. The van der Waals surface area contributed by atoms with Gasteiger partial charge in [0.25, 0.3) is 0 Å². The van der Waals surface area contributed by atoms with Crippen LogP contribution in [0, 0.1) is 0 Å². The van der Waals surface area contributed by atoms with Gasteiger partial charge in [-0.2, -0.15) is 18.3 Å². The monoisotopic (exact) mass is 543 g/mol. The Hall–Kier alpha value is -1.97. The van der Waals surface area contributed by atoms with Gasteiger partial charge in [-0.3, -0.25) is 9.48 Å². The second-order valence-corrected chi connectivity index (χ2v) is 9.83. The van der Waals surface area contributed by atoms with Crippen LogP contribution in [0.4, 0.5) is 18.9 Å². The highest BCUT2D eigenvalue weighted by molar-refractivity contribution is 9.10. The van der Waals surface area contributed by atoms with Crippen LogP contribution in [-0.2, 0) is 11.0 Å². The molecule has 1 aliphatic rings. The average molecular weight is 545 g/mol. The number of alkyl halides is 3. The molecule has 0 radical (unpaired) electrons. The average Bonchev–Trinajstić information content (AvgIpc) is 3.51. The Bertz CT molecular complexity index is 1150. The van der Waals surface area contributed by atoms with Gasteiger partial charge in [-0.15, -0.1) is 0 Å². The van der Waals surface area contributed by atoms with Crippen molar-refractivity contribution in [1.29, 1.82) is 0 Å². The summed E-state index contributed by atoms with van der Waals surface area (Å²) in [4.78, 5) is 14.8. The van der Waals surface area contributed by atoms with E-state index in [0.29, 0.717) is 16.4 Å². The number of amides is 1. The molecule has 1 atom stereocenters. The molecule has 1 unspecified atom stereocenters. The third kappa shape index (κ3) is 5.00. The molecular formula is C22H18BrClF3N3OS. The minimum absolute atomic E-state index is 0.0315. The predicted molar refractivity (Wildman–Crippen MR) is 122 cm³/mol. The number of para-hydroxylation sites is 1. The molecule has 1 N–H and O–H groups in total. The summed E-state index contributed by atoms with van der Waals surface area (Å²) in [6, 6.07) is 13.6. The predicted octanol–water partition coefficient (Wildman–Crippen LogP) is 7.55. The minimum atomic E-state index is -4.61. The molecule has 1 aliphatic carbocycles. The van der Waals surface area contributed by atoms with Crippen molar-refractivity contribution in [3.05, 3.63) is 69.4 Å². The molecule has 1 fully saturated rings. The van der Waals surface area contributed by atoms with Crippen LogP contribution in [0.5, 0.6) is 0 Å². The fourth-order valence-corrected chi connectivity index (χ4v) is 5.10. The molecule has 1 amide bonds. The number of hydrogen-bond donors (Lipinski definition) is 1. The molecule has 0 aliphatic heterocycles. The normalized spacial score (nSPS) is 14.9. The maximum absolute atomic E-state index is 13.4. The number of rotatable bonds is 6. The largest absolute Gasteiger partial charge is 0.436 e. The van der Waals surface area contributed by atoms with Crippen LogP contribution >= 0.6 is 39.3 Å². The first-order valence-electron chi connectivity index (χ1n) is 9.83. The van der Waals surface area contributed by atoms with Gasteiger partial charge in [0.1, 0.15) is 6.04 Å². The molecular weight excluding hydrogens is 527 g/mol. The number of nitrogens with one attached hydrogen (secondary N) is 1. The van der Waals surface area contributed by atoms with E-state index in [2.05, 4.69) is 26.3 Å². The summed E-state index contributed by atoms with van der Waals surface area (Å²) >= 11 is 10.5. The maximum atomic E-state index is 13.4. The van der Waals surface area contributed by atoms with Crippen LogP contribution in [-0.4, -0.2) is 15.7 Å². The molecule has 0 bridgehead atoms. The van der Waals surface area contributed by atoms with E-state index in [9.17, 15) is 18.0 Å². The molecule has 1 aromatic heterocycles. The fourth-order valence-electron chi connectivity index (χ4n) is 3.26. The van der Waals surface area contributed by atoms with Crippen molar-refractivity contribution in [2.24, 2.45) is 0 Å². The van der Waals surface area contributed by atoms with E-state index in [4.69, 9.17) is 11.6 Å². The van der Waals surface area contributed by atoms with Crippen LogP contribution in [0.15, 0.2) is 62.8 Å². The summed E-state index contributed by atoms with van der Waals surface area (Å²) in [6.07, 6.45) is -3.06. The number of benzene rings is 2. The first-order chi connectivity index (χ1) is 15.1. The smallest absolute Gasteiger partial charge is 0.323 e. The van der Waals surface area contributed by atoms with Crippen LogP contribution in [0.1, 0.15) is 43.1 Å². The highest BCUT2D eigenvalue weighted by Crippen LogP contribution is 2.48. The Morgan fingerprint density at radius 3 is 2.50 bits per heavy atom. The summed E-state index contributed by atoms with van der Waals surface area (Å²) in [7, 11) is 0. The molecule has 0 spiro atoms. The van der Waals surface area contributed by atoms with Crippen molar-refractivity contribution < 1.29 is 18.0 Å². The molecule has 32 heavy (non-hydrogen) atoms. The summed E-state index contributed by atoms with van der Waals surface area (Å²) in [6.45, 7) is 1.55. The number of carbonyl (C=O) groups is 1. The minimum Gasteiger partial charge on any atom is -0.323 e. The lowest BCUT2D eigenvalue weighted by Crippen LogP contribution is -2.26. The zero-order valence-corrected chi connectivity index (χ0v) is 19.9. The summed E-state index contributed by atoms with van der Waals surface area (Å²) in [5.74, 6) is -0.476. The topological polar surface area (TPSA) is 46.9 Å². The number of nitrogens with zero attached hydrogens (tertiary/aromatic N) is 2. The molecule has 2 aromatic carbocycles. The fraction of sp³-hybridized carbons (Fsp3) is 0.273. The van der Waals surface area contributed by atoms with E-state index in [0.717, 1.165) is 22.6 Å². The number of carbonyl (C=O) groups excluding carboxylic acids is 1. The van der Waals surface area contributed by atoms with Crippen molar-refractivity contribution >= 4 is 50.9 Å². The van der Waals surface area contributed by atoms with Crippen molar-refractivity contribution in [1.82, 2.24) is 9.78 Å². The van der Waals surface area contributed by atoms with E-state index in [1.165, 1.54) is 16.4 Å². The van der Waals surface area contributed by atoms with E-state index in [-0.39, 0.29) is 10.4 Å². The first kappa shape index (κ1) is 23.2. The molecule has 168 valence electrons. The molecule has 4 rings (SSSR count). The van der Waals surface area contributed by atoms with Crippen LogP contribution in [0.2, 0.25) is 5.02 Å². The lowest BCUT2D eigenvalue weighted by atomic mass is 10.2. The van der Waals surface area contributed by atoms with E-state index < -0.39 is 23.8 Å². The summed E-state index contributed by atoms with van der Waals surface area (Å²) in [5.41, 5.74) is -0.0129. The van der Waals surface area contributed by atoms with Crippen molar-refractivity contribution in [2.75, 3.05) is 5.32 Å². The van der Waals surface area contributed by atoms with Gasteiger partial charge in [-0.25, -0.2) is 0 Å². The second kappa shape index (κ2) is 9.11. The van der Waals surface area contributed by atoms with Gasteiger partial charge in [-0.1, -0.05) is 35.5 Å². The second-order valence-electron chi connectivity index (χ2n) is 7.48. The quantitative estimate of drug-likeness (QED) is 0.349. The Morgan fingerprint density at radius 1 is 1.22 bits per heavy atom. The van der Waals surface area contributed by atoms with Gasteiger partial charge in [-0.05, 0) is 72.1 Å². The third-order valence-corrected chi connectivity index (χ3v) is 7.17. The van der Waals surface area contributed by atoms with E-state index >= 15 is 0 Å². The van der Waals surface area contributed by atoms with Crippen LogP contribution in [0.25, 0.3) is 0 Å². The zero-order valence-electron chi connectivity index (χ0n) is 16.8. The first-order valence-corrected chi connectivity index (χ1v) is 11.8. The molecule has 1 saturated carbocycles. The Kier molecular flexibility index (Phi) is 6.61. The van der Waals surface area contributed by atoms with Gasteiger partial charge in [0.05, 0.1) is 15.9 Å². The molecule has 3 aromatic rings. The van der Waals surface area contributed by atoms with Gasteiger partial charge in [0.2, 0.25) is 5.91 Å². The number of anilines is 1. The standard InChI is InChI=1S/C22H18BrClF3N3OS/c1-12(30-19(13-6-7-13)18(23)20(29-30)22(25,26)27)21(31)28-16-4-2-3-5-17(16)32-15-10-8-14(24)9-11-15/h2-5,8-13H,6-7H2,1H3,(H,28,31). The summed E-state index contributed by atoms with van der Waals surface area (Å²) < 4.78 is 41.3. The van der Waals surface area contributed by atoms with Gasteiger partial charge >= 0.3 is 6.18 Å². The SMILES string of the molecule is CC(C(=O)Nc1ccccc1Sc1ccc(Cl)cc1)n1nc(C(F)(F)F)c(Br)c1C1CC1. The van der Waals surface area contributed by atoms with Crippen LogP contribution < -0.4 is 5.32 Å². The molecule has 1 heterocycles. The highest BCUT2D eigenvalue weighted by Gasteiger charge is 2.43. The molecule has 0 saturated heterocycles. The van der Waals surface area contributed by atoms with Crippen molar-refractivity contribution in [3.8, 4) is 0 Å². The Labute approximate surface area is 200 Å². The highest BCUT2D eigenvalue weighted by atomic mass is 79.9. The zero-order chi connectivity index (χ0) is 23.0. The Balaban J connectivity index is 1.58. The third-order valence-electron chi connectivity index (χ3n) is 5.05. The van der Waals surface area contributed by atoms with Crippen molar-refractivity contribution in [3.63, 3.8) is 0 Å².